The summed E-state index contributed by atoms with van der Waals surface area (Å²) in [6, 6.07) is 4.61. The lowest BCUT2D eigenvalue weighted by molar-refractivity contribution is -0.144. The maximum Gasteiger partial charge on any atom is 0.323 e. The summed E-state index contributed by atoms with van der Waals surface area (Å²) < 4.78 is 4.79. The summed E-state index contributed by atoms with van der Waals surface area (Å²) in [6.07, 6.45) is 0. The smallest absolute Gasteiger partial charge is 0.323 e. The monoisotopic (exact) mass is 330 g/mol. The number of esters is 1. The Balaban J connectivity index is 2.38. The summed E-state index contributed by atoms with van der Waals surface area (Å²) in [5, 5.41) is 3.38. The zero-order valence-corrected chi connectivity index (χ0v) is 13.6. The average molecular weight is 331 g/mol. The van der Waals surface area contributed by atoms with E-state index in [1.807, 2.05) is 6.92 Å². The number of ether oxygens (including phenoxy) is 1. The van der Waals surface area contributed by atoms with Crippen LogP contribution in [0.3, 0.4) is 0 Å². The third-order valence-electron chi connectivity index (χ3n) is 2.66. The number of thioether (sulfide) groups is 1. The van der Waals surface area contributed by atoms with Crippen molar-refractivity contribution < 1.29 is 14.3 Å². The van der Waals surface area contributed by atoms with E-state index in [0.29, 0.717) is 23.1 Å². The fourth-order valence-corrected chi connectivity index (χ4v) is 2.47. The van der Waals surface area contributed by atoms with Crippen molar-refractivity contribution in [1.82, 2.24) is 0 Å². The number of nitrogens with two attached hydrogens (primary N) is 1. The summed E-state index contributed by atoms with van der Waals surface area (Å²) in [4.78, 5) is 23.1. The van der Waals surface area contributed by atoms with Crippen LogP contribution >= 0.6 is 23.4 Å². The molecule has 1 amide bonds. The van der Waals surface area contributed by atoms with E-state index in [0.717, 1.165) is 5.56 Å². The molecule has 3 N–H and O–H groups in total. The second-order valence-corrected chi connectivity index (χ2v) is 5.77. The first-order valence-corrected chi connectivity index (χ1v) is 8.03. The highest BCUT2D eigenvalue weighted by Crippen LogP contribution is 2.23. The van der Waals surface area contributed by atoms with E-state index in [1.165, 1.54) is 11.8 Å². The first kappa shape index (κ1) is 17.8. The maximum absolute atomic E-state index is 11.8. The molecule has 0 saturated carbocycles. The van der Waals surface area contributed by atoms with Crippen LogP contribution in [-0.4, -0.2) is 36.0 Å². The van der Waals surface area contributed by atoms with Crippen molar-refractivity contribution in [3.63, 3.8) is 0 Å². The molecule has 1 aromatic rings. The Kier molecular flexibility index (Phi) is 7.56. The molecule has 1 unspecified atom stereocenters. The fourth-order valence-electron chi connectivity index (χ4n) is 1.53. The van der Waals surface area contributed by atoms with E-state index < -0.39 is 12.0 Å². The second-order valence-electron chi connectivity index (χ2n) is 4.33. The summed E-state index contributed by atoms with van der Waals surface area (Å²) in [7, 11) is 0. The van der Waals surface area contributed by atoms with Gasteiger partial charge in [-0.15, -0.1) is 11.8 Å². The van der Waals surface area contributed by atoms with Crippen LogP contribution in [-0.2, 0) is 14.3 Å². The molecule has 116 valence electrons. The lowest BCUT2D eigenvalue weighted by atomic mass is 10.2. The summed E-state index contributed by atoms with van der Waals surface area (Å²) >= 11 is 7.27. The molecule has 1 aromatic carbocycles. The molecule has 1 rings (SSSR count). The quantitative estimate of drug-likeness (QED) is 0.749. The van der Waals surface area contributed by atoms with Gasteiger partial charge in [-0.05, 0) is 31.5 Å². The molecule has 5 nitrogen and oxygen atoms in total. The maximum atomic E-state index is 11.8. The number of benzene rings is 1. The number of nitrogens with one attached hydrogen (secondary N) is 1. The van der Waals surface area contributed by atoms with E-state index in [-0.39, 0.29) is 11.7 Å². The van der Waals surface area contributed by atoms with Gasteiger partial charge in [0.2, 0.25) is 5.91 Å². The molecule has 0 aliphatic heterocycles. The van der Waals surface area contributed by atoms with Crippen LogP contribution in [0, 0.1) is 6.92 Å². The molecule has 7 heteroatoms. The minimum Gasteiger partial charge on any atom is -0.465 e. The van der Waals surface area contributed by atoms with Crippen molar-refractivity contribution in [3.8, 4) is 0 Å². The van der Waals surface area contributed by atoms with E-state index in [9.17, 15) is 9.59 Å². The molecule has 0 aliphatic carbocycles. The molecule has 0 fully saturated rings. The molecule has 0 radical (unpaired) electrons. The first-order valence-electron chi connectivity index (χ1n) is 6.50. The van der Waals surface area contributed by atoms with Crippen LogP contribution < -0.4 is 11.1 Å². The Morgan fingerprint density at radius 1 is 1.48 bits per heavy atom. The van der Waals surface area contributed by atoms with Gasteiger partial charge in [-0.1, -0.05) is 17.7 Å². The Morgan fingerprint density at radius 3 is 2.86 bits per heavy atom. The van der Waals surface area contributed by atoms with Crippen molar-refractivity contribution in [2.45, 2.75) is 19.9 Å². The topological polar surface area (TPSA) is 81.4 Å². The van der Waals surface area contributed by atoms with Crippen LogP contribution in [0.4, 0.5) is 5.69 Å². The highest BCUT2D eigenvalue weighted by Gasteiger charge is 2.15. The highest BCUT2D eigenvalue weighted by molar-refractivity contribution is 8.00. The Bertz CT molecular complexity index is 511. The largest absolute Gasteiger partial charge is 0.465 e. The molecule has 0 saturated heterocycles. The molecule has 21 heavy (non-hydrogen) atoms. The molecular formula is C14H19ClN2O3S. The van der Waals surface area contributed by atoms with Gasteiger partial charge in [-0.25, -0.2) is 0 Å². The molecule has 0 aromatic heterocycles. The van der Waals surface area contributed by atoms with Gasteiger partial charge >= 0.3 is 5.97 Å². The average Bonchev–Trinajstić information content (AvgIpc) is 2.44. The van der Waals surface area contributed by atoms with Crippen molar-refractivity contribution in [1.29, 1.82) is 0 Å². The van der Waals surface area contributed by atoms with Gasteiger partial charge in [0.05, 0.1) is 12.4 Å². The van der Waals surface area contributed by atoms with Crippen molar-refractivity contribution in [3.05, 3.63) is 28.8 Å². The molecule has 0 bridgehead atoms. The van der Waals surface area contributed by atoms with Gasteiger partial charge < -0.3 is 15.8 Å². The molecule has 1 atom stereocenters. The zero-order valence-electron chi connectivity index (χ0n) is 12.0. The predicted molar refractivity (Wildman–Crippen MR) is 86.8 cm³/mol. The number of amides is 1. The van der Waals surface area contributed by atoms with Gasteiger partial charge in [0.25, 0.3) is 0 Å². The molecule has 0 aliphatic rings. The predicted octanol–water partition coefficient (Wildman–Crippen LogP) is 2.21. The van der Waals surface area contributed by atoms with Gasteiger partial charge in [-0.2, -0.15) is 0 Å². The lowest BCUT2D eigenvalue weighted by Crippen LogP contribution is -2.35. The van der Waals surface area contributed by atoms with Gasteiger partial charge in [-0.3, -0.25) is 9.59 Å². The van der Waals surface area contributed by atoms with Crippen molar-refractivity contribution >= 4 is 40.9 Å². The molecular weight excluding hydrogens is 312 g/mol. The van der Waals surface area contributed by atoms with Crippen LogP contribution in [0.15, 0.2) is 18.2 Å². The zero-order chi connectivity index (χ0) is 15.8. The van der Waals surface area contributed by atoms with Crippen molar-refractivity contribution in [2.75, 3.05) is 23.4 Å². The van der Waals surface area contributed by atoms with Gasteiger partial charge in [0.15, 0.2) is 0 Å². The van der Waals surface area contributed by atoms with E-state index in [4.69, 9.17) is 22.1 Å². The number of anilines is 1. The minimum atomic E-state index is -0.712. The number of hydrogen-bond donors (Lipinski definition) is 2. The number of rotatable bonds is 7. The highest BCUT2D eigenvalue weighted by atomic mass is 35.5. The Hall–Kier alpha value is -1.24. The van der Waals surface area contributed by atoms with E-state index in [1.54, 1.807) is 25.1 Å². The van der Waals surface area contributed by atoms with Gasteiger partial charge in [0, 0.05) is 16.5 Å². The normalized spacial score (nSPS) is 11.8. The van der Waals surface area contributed by atoms with E-state index >= 15 is 0 Å². The summed E-state index contributed by atoms with van der Waals surface area (Å²) in [6.45, 7) is 3.85. The van der Waals surface area contributed by atoms with E-state index in [2.05, 4.69) is 5.32 Å². The molecule has 0 spiro atoms. The Labute approximate surface area is 133 Å². The summed E-state index contributed by atoms with van der Waals surface area (Å²) in [5.41, 5.74) is 7.14. The third-order valence-corrected chi connectivity index (χ3v) is 4.13. The number of carbonyl (C=O) groups is 2. The fraction of sp³-hybridized carbons (Fsp3) is 0.429. The van der Waals surface area contributed by atoms with Gasteiger partial charge in [0.1, 0.15) is 6.04 Å². The first-order chi connectivity index (χ1) is 9.95. The van der Waals surface area contributed by atoms with Crippen LogP contribution in [0.1, 0.15) is 12.5 Å². The number of carbonyl (C=O) groups excluding carboxylic acids is 2. The van der Waals surface area contributed by atoms with Crippen LogP contribution in [0.2, 0.25) is 5.02 Å². The standard InChI is InChI=1S/C14H19ClN2O3S/c1-3-20-14(19)11(16)7-21-8-13(18)17-12-6-4-5-10(15)9(12)2/h4-6,11H,3,7-8,16H2,1-2H3,(H,17,18). The second kappa shape index (κ2) is 8.92. The number of hydrogen-bond acceptors (Lipinski definition) is 5. The van der Waals surface area contributed by atoms with Crippen molar-refractivity contribution in [2.24, 2.45) is 5.73 Å². The number of halogens is 1. The Morgan fingerprint density at radius 2 is 2.19 bits per heavy atom. The molecule has 0 heterocycles. The summed E-state index contributed by atoms with van der Waals surface area (Å²) in [5.74, 6) is -0.0719. The lowest BCUT2D eigenvalue weighted by Gasteiger charge is -2.11. The third kappa shape index (κ3) is 5.95. The minimum absolute atomic E-state index is 0.165. The SMILES string of the molecule is CCOC(=O)C(N)CSCC(=O)Nc1cccc(Cl)c1C. The van der Waals surface area contributed by atoms with Crippen LogP contribution in [0.25, 0.3) is 0 Å². The van der Waals surface area contributed by atoms with Crippen LogP contribution in [0.5, 0.6) is 0 Å².